The monoisotopic (exact) mass is 276 g/mol. The number of likely N-dealkylation sites (tertiary alicyclic amines) is 1. The van der Waals surface area contributed by atoms with E-state index in [1.165, 1.54) is 4.90 Å². The lowest BCUT2D eigenvalue weighted by atomic mass is 10.1. The van der Waals surface area contributed by atoms with Crippen LogP contribution >= 0.6 is 0 Å². The molecule has 2 amide bonds. The number of hydrogen-bond acceptors (Lipinski definition) is 4. The number of amides is 2. The molecule has 0 saturated carbocycles. The summed E-state index contributed by atoms with van der Waals surface area (Å²) in [5, 5.41) is 3.13. The Morgan fingerprint density at radius 2 is 2.05 bits per heavy atom. The van der Waals surface area contributed by atoms with Crippen LogP contribution in [0.2, 0.25) is 0 Å². The molecule has 1 saturated heterocycles. The van der Waals surface area contributed by atoms with Gasteiger partial charge in [0.05, 0.1) is 19.2 Å². The summed E-state index contributed by atoms with van der Waals surface area (Å²) in [6.45, 7) is 5.64. The van der Waals surface area contributed by atoms with Gasteiger partial charge in [-0.15, -0.1) is 0 Å². The molecule has 2 rings (SSSR count). The van der Waals surface area contributed by atoms with Crippen LogP contribution in [-0.4, -0.2) is 35.9 Å². The quantitative estimate of drug-likeness (QED) is 0.854. The highest BCUT2D eigenvalue weighted by Gasteiger charge is 2.40. The molecule has 1 unspecified atom stereocenters. The number of anilines is 1. The molecule has 1 atom stereocenters. The zero-order valence-corrected chi connectivity index (χ0v) is 12.3. The van der Waals surface area contributed by atoms with E-state index >= 15 is 0 Å². The van der Waals surface area contributed by atoms with Crippen molar-refractivity contribution in [1.82, 2.24) is 4.90 Å². The number of hydrogen-bond donors (Lipinski definition) is 1. The van der Waals surface area contributed by atoms with Crippen LogP contribution in [0.3, 0.4) is 0 Å². The molecule has 0 aliphatic carbocycles. The molecule has 5 nitrogen and oxygen atoms in total. The van der Waals surface area contributed by atoms with E-state index in [1.807, 2.05) is 39.0 Å². The molecular weight excluding hydrogens is 256 g/mol. The molecule has 1 heterocycles. The zero-order chi connectivity index (χ0) is 14.9. The molecule has 5 heteroatoms. The Balaban J connectivity index is 2.21. The fourth-order valence-corrected chi connectivity index (χ4v) is 2.43. The number of nitrogens with zero attached hydrogens (tertiary/aromatic N) is 1. The van der Waals surface area contributed by atoms with Gasteiger partial charge in [-0.25, -0.2) is 0 Å². The Bertz CT molecular complexity index is 540. The molecule has 1 aliphatic rings. The second-order valence-electron chi connectivity index (χ2n) is 5.30. The van der Waals surface area contributed by atoms with E-state index in [9.17, 15) is 9.59 Å². The second-order valence-corrected chi connectivity index (χ2v) is 5.30. The normalized spacial score (nSPS) is 18.9. The maximum absolute atomic E-state index is 12.2. The van der Waals surface area contributed by atoms with Crippen molar-refractivity contribution in [3.63, 3.8) is 0 Å². The number of carbonyl (C=O) groups excluding carboxylic acids is 2. The summed E-state index contributed by atoms with van der Waals surface area (Å²) >= 11 is 0. The molecule has 0 radical (unpaired) electrons. The van der Waals surface area contributed by atoms with Crippen LogP contribution in [-0.2, 0) is 9.59 Å². The van der Waals surface area contributed by atoms with Gasteiger partial charge < -0.3 is 10.1 Å². The first-order valence-electron chi connectivity index (χ1n) is 6.71. The number of rotatable bonds is 4. The summed E-state index contributed by atoms with van der Waals surface area (Å²) in [6, 6.07) is 5.07. The van der Waals surface area contributed by atoms with Gasteiger partial charge >= 0.3 is 0 Å². The van der Waals surface area contributed by atoms with E-state index in [2.05, 4.69) is 5.32 Å². The van der Waals surface area contributed by atoms with Crippen molar-refractivity contribution in [1.29, 1.82) is 0 Å². The third-order valence-corrected chi connectivity index (χ3v) is 3.38. The van der Waals surface area contributed by atoms with Crippen molar-refractivity contribution in [3.8, 4) is 5.75 Å². The minimum atomic E-state index is -0.513. The summed E-state index contributed by atoms with van der Waals surface area (Å²) in [7, 11) is 1.58. The Labute approximate surface area is 118 Å². The molecule has 0 aromatic heterocycles. The smallest absolute Gasteiger partial charge is 0.252 e. The largest absolute Gasteiger partial charge is 0.495 e. The number of aryl methyl sites for hydroxylation is 1. The first kappa shape index (κ1) is 14.4. The first-order valence-corrected chi connectivity index (χ1v) is 6.71. The molecule has 0 spiro atoms. The number of benzene rings is 1. The lowest BCUT2D eigenvalue weighted by Gasteiger charge is -2.20. The molecule has 0 bridgehead atoms. The fourth-order valence-electron chi connectivity index (χ4n) is 2.43. The van der Waals surface area contributed by atoms with Crippen LogP contribution in [0.5, 0.6) is 5.75 Å². The van der Waals surface area contributed by atoms with Crippen molar-refractivity contribution >= 4 is 17.5 Å². The van der Waals surface area contributed by atoms with Gasteiger partial charge in [-0.2, -0.15) is 0 Å². The highest BCUT2D eigenvalue weighted by atomic mass is 16.5. The van der Waals surface area contributed by atoms with Crippen molar-refractivity contribution in [2.24, 2.45) is 0 Å². The van der Waals surface area contributed by atoms with Crippen LogP contribution in [0.25, 0.3) is 0 Å². The van der Waals surface area contributed by atoms with Gasteiger partial charge in [0, 0.05) is 6.04 Å². The van der Waals surface area contributed by atoms with Crippen LogP contribution in [0.1, 0.15) is 25.8 Å². The summed E-state index contributed by atoms with van der Waals surface area (Å²) in [4.78, 5) is 25.4. The lowest BCUT2D eigenvalue weighted by Crippen LogP contribution is -2.39. The summed E-state index contributed by atoms with van der Waals surface area (Å²) in [5.41, 5.74) is 1.80. The molecule has 1 aromatic carbocycles. The van der Waals surface area contributed by atoms with Crippen molar-refractivity contribution in [2.75, 3.05) is 12.4 Å². The summed E-state index contributed by atoms with van der Waals surface area (Å²) < 4.78 is 5.27. The average Bonchev–Trinajstić information content (AvgIpc) is 2.64. The Hall–Kier alpha value is -2.04. The lowest BCUT2D eigenvalue weighted by molar-refractivity contribution is -0.140. The number of carbonyl (C=O) groups is 2. The van der Waals surface area contributed by atoms with E-state index in [1.54, 1.807) is 7.11 Å². The zero-order valence-electron chi connectivity index (χ0n) is 12.3. The topological polar surface area (TPSA) is 58.6 Å². The van der Waals surface area contributed by atoms with Gasteiger partial charge in [0.15, 0.2) is 0 Å². The Morgan fingerprint density at radius 1 is 1.35 bits per heavy atom. The number of imide groups is 1. The number of ether oxygens (including phenoxy) is 1. The molecule has 1 N–H and O–H groups in total. The molecule has 108 valence electrons. The van der Waals surface area contributed by atoms with Gasteiger partial charge in [0.2, 0.25) is 5.91 Å². The minimum Gasteiger partial charge on any atom is -0.495 e. The summed E-state index contributed by atoms with van der Waals surface area (Å²) in [6.07, 6.45) is 0.189. The van der Waals surface area contributed by atoms with Crippen molar-refractivity contribution in [3.05, 3.63) is 23.8 Å². The average molecular weight is 276 g/mol. The molecule has 20 heavy (non-hydrogen) atoms. The predicted octanol–water partition coefficient (Wildman–Crippen LogP) is 1.95. The van der Waals surface area contributed by atoms with Crippen LogP contribution in [0.15, 0.2) is 18.2 Å². The SMILES string of the molecule is COc1ccc(C)cc1NC1CC(=O)N(C(C)C)C1=O. The van der Waals surface area contributed by atoms with Crippen molar-refractivity contribution < 1.29 is 14.3 Å². The maximum atomic E-state index is 12.2. The highest BCUT2D eigenvalue weighted by Crippen LogP contribution is 2.28. The van der Waals surface area contributed by atoms with Crippen LogP contribution in [0.4, 0.5) is 5.69 Å². The molecular formula is C15H20N2O3. The highest BCUT2D eigenvalue weighted by molar-refractivity contribution is 6.07. The predicted molar refractivity (Wildman–Crippen MR) is 76.7 cm³/mol. The summed E-state index contributed by atoms with van der Waals surface area (Å²) in [5.74, 6) is 0.363. The van der Waals surface area contributed by atoms with E-state index in [0.717, 1.165) is 11.3 Å². The number of nitrogens with one attached hydrogen (secondary N) is 1. The van der Waals surface area contributed by atoms with Gasteiger partial charge in [0.1, 0.15) is 11.8 Å². The van der Waals surface area contributed by atoms with Gasteiger partial charge in [-0.05, 0) is 38.5 Å². The molecule has 1 aliphatic heterocycles. The Kier molecular flexibility index (Phi) is 3.97. The van der Waals surface area contributed by atoms with Gasteiger partial charge in [-0.1, -0.05) is 6.07 Å². The fraction of sp³-hybridized carbons (Fsp3) is 0.467. The third-order valence-electron chi connectivity index (χ3n) is 3.38. The van der Waals surface area contributed by atoms with Crippen LogP contribution in [0, 0.1) is 6.92 Å². The van der Waals surface area contributed by atoms with Gasteiger partial charge in [0.25, 0.3) is 5.91 Å². The van der Waals surface area contributed by atoms with E-state index in [-0.39, 0.29) is 24.3 Å². The van der Waals surface area contributed by atoms with Crippen LogP contribution < -0.4 is 10.1 Å². The maximum Gasteiger partial charge on any atom is 0.252 e. The number of methoxy groups -OCH3 is 1. The Morgan fingerprint density at radius 3 is 2.60 bits per heavy atom. The van der Waals surface area contributed by atoms with Crippen molar-refractivity contribution in [2.45, 2.75) is 39.3 Å². The second kappa shape index (κ2) is 5.53. The van der Waals surface area contributed by atoms with E-state index in [0.29, 0.717) is 5.75 Å². The third kappa shape index (κ3) is 2.61. The van der Waals surface area contributed by atoms with E-state index in [4.69, 9.17) is 4.74 Å². The van der Waals surface area contributed by atoms with Gasteiger partial charge in [-0.3, -0.25) is 14.5 Å². The molecule has 1 fully saturated rings. The first-order chi connectivity index (χ1) is 9.43. The minimum absolute atomic E-state index is 0.110. The van der Waals surface area contributed by atoms with E-state index < -0.39 is 6.04 Å². The molecule has 1 aromatic rings. The standard InChI is InChI=1S/C15H20N2O3/c1-9(2)17-14(18)8-12(15(17)19)16-11-7-10(3)5-6-13(11)20-4/h5-7,9,12,16H,8H2,1-4H3.